The molecule has 1 atom stereocenters. The number of carbonyl (C=O) groups is 2. The molecule has 8 nitrogen and oxygen atoms in total. The summed E-state index contributed by atoms with van der Waals surface area (Å²) in [6, 6.07) is 3.61. The average molecular weight is 481 g/mol. The van der Waals surface area contributed by atoms with Gasteiger partial charge in [0, 0.05) is 12.3 Å². The predicted octanol–water partition coefficient (Wildman–Crippen LogP) is 4.37. The maximum atomic E-state index is 12.8. The van der Waals surface area contributed by atoms with Crippen molar-refractivity contribution in [3.8, 4) is 5.75 Å². The zero-order chi connectivity index (χ0) is 22.9. The Hall–Kier alpha value is -2.52. The molecule has 0 aliphatic heterocycles. The van der Waals surface area contributed by atoms with E-state index < -0.39 is 26.5 Å². The van der Waals surface area contributed by atoms with Crippen molar-refractivity contribution in [2.75, 3.05) is 11.1 Å². The fourth-order valence-corrected chi connectivity index (χ4v) is 6.04. The number of nitrogens with one attached hydrogen (secondary N) is 2. The van der Waals surface area contributed by atoms with Gasteiger partial charge in [0.1, 0.15) is 16.4 Å². The van der Waals surface area contributed by atoms with Gasteiger partial charge in [0.15, 0.2) is 15.6 Å². The summed E-state index contributed by atoms with van der Waals surface area (Å²) in [6.45, 7) is 0. The normalized spacial score (nSPS) is 18.1. The molecule has 32 heavy (non-hydrogen) atoms. The molecule has 2 aliphatic carbocycles. The van der Waals surface area contributed by atoms with Gasteiger partial charge in [0.05, 0.1) is 28.8 Å². The van der Waals surface area contributed by atoms with Crippen LogP contribution < -0.4 is 10.6 Å². The van der Waals surface area contributed by atoms with Crippen molar-refractivity contribution in [1.29, 1.82) is 0 Å². The highest BCUT2D eigenvalue weighted by molar-refractivity contribution is 7.91. The lowest BCUT2D eigenvalue weighted by Gasteiger charge is -2.22. The topological polar surface area (TPSA) is 126 Å². The molecule has 2 aliphatic rings. The molecule has 1 heterocycles. The van der Waals surface area contributed by atoms with E-state index in [1.807, 2.05) is 6.07 Å². The first-order chi connectivity index (χ1) is 15.3. The first-order valence-corrected chi connectivity index (χ1v) is 12.7. The van der Waals surface area contributed by atoms with Crippen LogP contribution in [-0.2, 0) is 21.1 Å². The number of rotatable bonds is 8. The van der Waals surface area contributed by atoms with Crippen LogP contribution in [0.25, 0.3) is 0 Å². The molecule has 172 valence electrons. The molecule has 0 saturated heterocycles. The Labute approximate surface area is 191 Å². The molecule has 1 aromatic heterocycles. The summed E-state index contributed by atoms with van der Waals surface area (Å²) in [7, 11) is -3.96. The summed E-state index contributed by atoms with van der Waals surface area (Å²) in [6.07, 6.45) is 6.15. The fraction of sp³-hybridized carbons (Fsp3) is 0.455. The zero-order valence-electron chi connectivity index (χ0n) is 17.4. The lowest BCUT2D eigenvalue weighted by molar-refractivity contribution is -0.120. The highest BCUT2D eigenvalue weighted by atomic mass is 35.5. The van der Waals surface area contributed by atoms with E-state index in [9.17, 15) is 23.1 Å². The molecule has 1 saturated carbocycles. The smallest absolute Gasteiger partial charge is 0.319 e. The monoisotopic (exact) mass is 480 g/mol. The van der Waals surface area contributed by atoms with Crippen molar-refractivity contribution in [2.24, 2.45) is 5.92 Å². The van der Waals surface area contributed by atoms with Crippen LogP contribution in [0.2, 0.25) is 5.02 Å². The van der Waals surface area contributed by atoms with E-state index >= 15 is 0 Å². The number of urea groups is 1. The molecule has 10 heteroatoms. The summed E-state index contributed by atoms with van der Waals surface area (Å²) in [5.41, 5.74) is 0.972. The van der Waals surface area contributed by atoms with Gasteiger partial charge < -0.3 is 20.2 Å². The Morgan fingerprint density at radius 1 is 1.19 bits per heavy atom. The van der Waals surface area contributed by atoms with Crippen LogP contribution in [0.5, 0.6) is 5.75 Å². The van der Waals surface area contributed by atoms with Gasteiger partial charge in [0.25, 0.3) is 0 Å². The number of furan rings is 1. The van der Waals surface area contributed by atoms with Gasteiger partial charge in [-0.2, -0.15) is 0 Å². The summed E-state index contributed by atoms with van der Waals surface area (Å²) in [4.78, 5) is 23.9. The summed E-state index contributed by atoms with van der Waals surface area (Å²) >= 11 is 6.08. The highest BCUT2D eigenvalue weighted by Crippen LogP contribution is 2.38. The second kappa shape index (κ2) is 9.15. The number of Topliss-reactive ketones (excluding diaryl/α,β-unsaturated/α-hetero) is 1. The number of amides is 2. The number of phenolic OH excluding ortho intramolecular Hbond substituents is 1. The van der Waals surface area contributed by atoms with Crippen LogP contribution in [-0.4, -0.2) is 31.1 Å². The maximum absolute atomic E-state index is 12.8. The SMILES string of the molecule is O=C(Nc1ccc(Cl)c(S(=O)(=O)CCCC(=O)C2CC2)c1O)NC1CCCc2ccoc21. The number of hydrogen-bond acceptors (Lipinski definition) is 6. The van der Waals surface area contributed by atoms with Gasteiger partial charge in [-0.1, -0.05) is 11.6 Å². The van der Waals surface area contributed by atoms with Crippen molar-refractivity contribution in [2.45, 2.75) is 55.9 Å². The van der Waals surface area contributed by atoms with Crippen LogP contribution in [0.4, 0.5) is 10.5 Å². The van der Waals surface area contributed by atoms with E-state index in [1.165, 1.54) is 12.1 Å². The van der Waals surface area contributed by atoms with E-state index in [0.29, 0.717) is 12.2 Å². The van der Waals surface area contributed by atoms with Crippen LogP contribution in [0.1, 0.15) is 55.9 Å². The molecule has 2 amide bonds. The van der Waals surface area contributed by atoms with Gasteiger partial charge in [-0.25, -0.2) is 13.2 Å². The van der Waals surface area contributed by atoms with Gasteiger partial charge in [-0.15, -0.1) is 0 Å². The van der Waals surface area contributed by atoms with E-state index in [-0.39, 0.29) is 47.0 Å². The number of aryl methyl sites for hydroxylation is 1. The van der Waals surface area contributed by atoms with Crippen molar-refractivity contribution in [3.63, 3.8) is 0 Å². The Bertz CT molecular complexity index is 1140. The third kappa shape index (κ3) is 4.94. The number of hydrogen-bond donors (Lipinski definition) is 3. The van der Waals surface area contributed by atoms with E-state index in [0.717, 1.165) is 31.2 Å². The van der Waals surface area contributed by atoms with Crippen LogP contribution >= 0.6 is 11.6 Å². The predicted molar refractivity (Wildman–Crippen MR) is 119 cm³/mol. The molecule has 2 aromatic rings. The fourth-order valence-electron chi connectivity index (χ4n) is 4.03. The van der Waals surface area contributed by atoms with Crippen molar-refractivity contribution in [3.05, 3.63) is 40.8 Å². The molecule has 0 radical (unpaired) electrons. The lowest BCUT2D eigenvalue weighted by Crippen LogP contribution is -2.34. The molecular formula is C22H25ClN2O6S. The highest BCUT2D eigenvalue weighted by Gasteiger charge is 2.30. The summed E-state index contributed by atoms with van der Waals surface area (Å²) in [5.74, 6) is -0.0935. The van der Waals surface area contributed by atoms with Crippen LogP contribution in [0, 0.1) is 5.92 Å². The first-order valence-electron chi connectivity index (χ1n) is 10.7. The summed E-state index contributed by atoms with van der Waals surface area (Å²) in [5, 5.41) is 15.8. The number of anilines is 1. The van der Waals surface area contributed by atoms with Gasteiger partial charge in [-0.3, -0.25) is 4.79 Å². The number of phenols is 1. The minimum absolute atomic E-state index is 0.0714. The van der Waals surface area contributed by atoms with Crippen LogP contribution in [0.15, 0.2) is 33.8 Å². The van der Waals surface area contributed by atoms with Crippen molar-refractivity contribution < 1.29 is 27.5 Å². The Kier molecular flexibility index (Phi) is 6.48. The third-order valence-corrected chi connectivity index (χ3v) is 8.14. The second-order valence-electron chi connectivity index (χ2n) is 8.29. The standard InChI is InChI=1S/C22H25ClN2O6S/c23-15-8-9-16(24-22(28)25-17-4-1-3-14-10-11-31-20(14)17)19(27)21(15)32(29,30)12-2-5-18(26)13-6-7-13/h8-11,13,17,27H,1-7,12H2,(H2,24,25,28). The minimum Gasteiger partial charge on any atom is -0.504 e. The molecule has 1 aromatic carbocycles. The number of benzene rings is 1. The van der Waals surface area contributed by atoms with Gasteiger partial charge in [0.2, 0.25) is 0 Å². The molecule has 0 spiro atoms. The second-order valence-corrected chi connectivity index (χ2v) is 10.7. The Morgan fingerprint density at radius 3 is 2.72 bits per heavy atom. The lowest BCUT2D eigenvalue weighted by atomic mass is 9.94. The van der Waals surface area contributed by atoms with Gasteiger partial charge in [-0.05, 0) is 62.3 Å². The molecule has 1 fully saturated rings. The third-order valence-electron chi connectivity index (χ3n) is 5.85. The Balaban J connectivity index is 1.44. The first kappa shape index (κ1) is 22.7. The number of aromatic hydroxyl groups is 1. The maximum Gasteiger partial charge on any atom is 0.319 e. The zero-order valence-corrected chi connectivity index (χ0v) is 19.0. The van der Waals surface area contributed by atoms with Gasteiger partial charge >= 0.3 is 6.03 Å². The number of ketones is 1. The molecule has 3 N–H and O–H groups in total. The number of halogens is 1. The number of sulfone groups is 1. The summed E-state index contributed by atoms with van der Waals surface area (Å²) < 4.78 is 31.1. The number of fused-ring (bicyclic) bond motifs is 1. The number of carbonyl (C=O) groups excluding carboxylic acids is 2. The van der Waals surface area contributed by atoms with Crippen molar-refractivity contribution in [1.82, 2.24) is 5.32 Å². The molecule has 1 unspecified atom stereocenters. The Morgan fingerprint density at radius 2 is 1.97 bits per heavy atom. The molecule has 0 bridgehead atoms. The van der Waals surface area contributed by atoms with Crippen molar-refractivity contribution >= 4 is 38.9 Å². The van der Waals surface area contributed by atoms with E-state index in [2.05, 4.69) is 10.6 Å². The van der Waals surface area contributed by atoms with E-state index in [4.69, 9.17) is 16.0 Å². The van der Waals surface area contributed by atoms with E-state index in [1.54, 1.807) is 6.26 Å². The largest absolute Gasteiger partial charge is 0.504 e. The minimum atomic E-state index is -3.96. The quantitative estimate of drug-likeness (QED) is 0.481. The molecule has 4 rings (SSSR count). The molecular weight excluding hydrogens is 456 g/mol. The average Bonchev–Trinajstić information content (AvgIpc) is 3.47. The van der Waals surface area contributed by atoms with Crippen LogP contribution in [0.3, 0.4) is 0 Å².